The first-order valence-electron chi connectivity index (χ1n) is 9.76. The van der Waals surface area contributed by atoms with Gasteiger partial charge in [-0.3, -0.25) is 9.59 Å². The van der Waals surface area contributed by atoms with Gasteiger partial charge >= 0.3 is 0 Å². The Hall–Kier alpha value is -2.50. The molecule has 0 atom stereocenters. The number of aromatic nitrogens is 1. The number of hydrogen-bond acceptors (Lipinski definition) is 3. The molecule has 27 heavy (non-hydrogen) atoms. The molecule has 0 bridgehead atoms. The molecule has 3 rings (SSSR count). The molecule has 0 spiro atoms. The number of rotatable bonds is 7. The summed E-state index contributed by atoms with van der Waals surface area (Å²) < 4.78 is 7.39. The molecule has 1 saturated heterocycles. The van der Waals surface area contributed by atoms with E-state index in [4.69, 9.17) is 4.74 Å². The summed E-state index contributed by atoms with van der Waals surface area (Å²) in [5, 5.41) is 3.93. The van der Waals surface area contributed by atoms with Crippen molar-refractivity contribution in [2.24, 2.45) is 5.92 Å². The van der Waals surface area contributed by atoms with Crippen molar-refractivity contribution in [3.63, 3.8) is 0 Å². The van der Waals surface area contributed by atoms with Crippen LogP contribution in [-0.4, -0.2) is 36.6 Å². The van der Waals surface area contributed by atoms with E-state index in [1.165, 1.54) is 0 Å². The van der Waals surface area contributed by atoms with Gasteiger partial charge in [0.05, 0.1) is 18.3 Å². The number of nitrogens with one attached hydrogen (secondary N) is 1. The maximum absolute atomic E-state index is 13.1. The SMILES string of the molecule is CCn1c(C(=O)NCCC(C)C)c(N2CCCC2=O)c2cc(OC)ccc21. The molecule has 6 heteroatoms. The number of fused-ring (bicyclic) bond motifs is 1. The van der Waals surface area contributed by atoms with Gasteiger partial charge < -0.3 is 19.5 Å². The van der Waals surface area contributed by atoms with Crippen LogP contribution in [0.3, 0.4) is 0 Å². The van der Waals surface area contributed by atoms with Gasteiger partial charge in [0.2, 0.25) is 5.91 Å². The molecule has 1 aromatic heterocycles. The second-order valence-electron chi connectivity index (χ2n) is 7.41. The van der Waals surface area contributed by atoms with Crippen LogP contribution in [0.4, 0.5) is 5.69 Å². The smallest absolute Gasteiger partial charge is 0.270 e. The van der Waals surface area contributed by atoms with Gasteiger partial charge in [0.1, 0.15) is 11.4 Å². The summed E-state index contributed by atoms with van der Waals surface area (Å²) in [6.45, 7) is 8.21. The Morgan fingerprint density at radius 1 is 1.33 bits per heavy atom. The molecular weight excluding hydrogens is 342 g/mol. The first-order chi connectivity index (χ1) is 13.0. The molecule has 6 nitrogen and oxygen atoms in total. The molecule has 0 aliphatic carbocycles. The number of aryl methyl sites for hydroxylation is 1. The maximum Gasteiger partial charge on any atom is 0.270 e. The van der Waals surface area contributed by atoms with Crippen molar-refractivity contribution in [3.8, 4) is 5.75 Å². The fourth-order valence-corrected chi connectivity index (χ4v) is 3.72. The molecule has 0 unspecified atom stereocenters. The number of ether oxygens (including phenoxy) is 1. The van der Waals surface area contributed by atoms with E-state index >= 15 is 0 Å². The van der Waals surface area contributed by atoms with Gasteiger partial charge in [-0.2, -0.15) is 0 Å². The second kappa shape index (κ2) is 8.03. The number of anilines is 1. The quantitative estimate of drug-likeness (QED) is 0.809. The van der Waals surface area contributed by atoms with E-state index in [9.17, 15) is 9.59 Å². The van der Waals surface area contributed by atoms with E-state index in [0.29, 0.717) is 37.7 Å². The fourth-order valence-electron chi connectivity index (χ4n) is 3.72. The highest BCUT2D eigenvalue weighted by Crippen LogP contribution is 2.38. The summed E-state index contributed by atoms with van der Waals surface area (Å²) in [7, 11) is 1.62. The topological polar surface area (TPSA) is 63.6 Å². The van der Waals surface area contributed by atoms with Gasteiger partial charge in [-0.15, -0.1) is 0 Å². The van der Waals surface area contributed by atoms with Gasteiger partial charge in [0.25, 0.3) is 5.91 Å². The lowest BCUT2D eigenvalue weighted by atomic mass is 10.1. The minimum absolute atomic E-state index is 0.0733. The normalized spacial score (nSPS) is 14.4. The molecule has 1 N–H and O–H groups in total. The Morgan fingerprint density at radius 2 is 2.11 bits per heavy atom. The number of hydrogen-bond donors (Lipinski definition) is 1. The van der Waals surface area contributed by atoms with E-state index in [1.807, 2.05) is 29.7 Å². The highest BCUT2D eigenvalue weighted by molar-refractivity contribution is 6.14. The van der Waals surface area contributed by atoms with E-state index in [1.54, 1.807) is 12.0 Å². The third-order valence-electron chi connectivity index (χ3n) is 5.13. The molecule has 2 heterocycles. The molecule has 1 aromatic carbocycles. The van der Waals surface area contributed by atoms with Crippen molar-refractivity contribution in [2.75, 3.05) is 25.1 Å². The van der Waals surface area contributed by atoms with Crippen LogP contribution in [0.15, 0.2) is 18.2 Å². The summed E-state index contributed by atoms with van der Waals surface area (Å²) >= 11 is 0. The molecule has 1 aliphatic rings. The Bertz CT molecular complexity index is 854. The number of methoxy groups -OCH3 is 1. The zero-order valence-electron chi connectivity index (χ0n) is 16.7. The molecule has 146 valence electrons. The Labute approximate surface area is 160 Å². The summed E-state index contributed by atoms with van der Waals surface area (Å²) in [6.07, 6.45) is 2.26. The standard InChI is InChI=1S/C21H29N3O3/c1-5-23-17-9-8-15(27-4)13-16(17)19(24-12-6-7-18(24)25)20(23)21(26)22-11-10-14(2)3/h8-9,13-14H,5-7,10-12H2,1-4H3,(H,22,26). The van der Waals surface area contributed by atoms with E-state index in [2.05, 4.69) is 19.2 Å². The van der Waals surface area contributed by atoms with Crippen LogP contribution in [0.5, 0.6) is 5.75 Å². The average Bonchev–Trinajstić information content (AvgIpc) is 3.20. The molecule has 1 aliphatic heterocycles. The lowest BCUT2D eigenvalue weighted by Gasteiger charge is -2.18. The van der Waals surface area contributed by atoms with E-state index in [-0.39, 0.29) is 11.8 Å². The summed E-state index contributed by atoms with van der Waals surface area (Å²) in [5.74, 6) is 1.19. The first-order valence-corrected chi connectivity index (χ1v) is 9.76. The predicted molar refractivity (Wildman–Crippen MR) is 108 cm³/mol. The molecule has 1 fully saturated rings. The number of nitrogens with zero attached hydrogens (tertiary/aromatic N) is 2. The van der Waals surface area contributed by atoms with Crippen molar-refractivity contribution in [3.05, 3.63) is 23.9 Å². The zero-order chi connectivity index (χ0) is 19.6. The van der Waals surface area contributed by atoms with Crippen LogP contribution < -0.4 is 15.0 Å². The van der Waals surface area contributed by atoms with Crippen LogP contribution in [-0.2, 0) is 11.3 Å². The number of carbonyl (C=O) groups excluding carboxylic acids is 2. The van der Waals surface area contributed by atoms with E-state index < -0.39 is 0 Å². The van der Waals surface area contributed by atoms with Crippen molar-refractivity contribution in [1.82, 2.24) is 9.88 Å². The average molecular weight is 371 g/mol. The molecule has 0 radical (unpaired) electrons. The summed E-state index contributed by atoms with van der Waals surface area (Å²) in [4.78, 5) is 27.4. The zero-order valence-corrected chi connectivity index (χ0v) is 16.7. The number of carbonyl (C=O) groups is 2. The van der Waals surface area contributed by atoms with Crippen molar-refractivity contribution in [2.45, 2.75) is 46.6 Å². The second-order valence-corrected chi connectivity index (χ2v) is 7.41. The highest BCUT2D eigenvalue weighted by atomic mass is 16.5. The first kappa shape index (κ1) is 19.3. The lowest BCUT2D eigenvalue weighted by molar-refractivity contribution is -0.117. The predicted octanol–water partition coefficient (Wildman–Crippen LogP) is 3.57. The van der Waals surface area contributed by atoms with Crippen molar-refractivity contribution in [1.29, 1.82) is 0 Å². The van der Waals surface area contributed by atoms with Gasteiger partial charge in [-0.05, 0) is 43.9 Å². The molecule has 2 aromatic rings. The van der Waals surface area contributed by atoms with Crippen LogP contribution in [0.25, 0.3) is 10.9 Å². The summed E-state index contributed by atoms with van der Waals surface area (Å²) in [6, 6.07) is 5.78. The third-order valence-corrected chi connectivity index (χ3v) is 5.13. The molecule has 2 amide bonds. The number of amides is 2. The van der Waals surface area contributed by atoms with Gasteiger partial charge in [-0.1, -0.05) is 13.8 Å². The summed E-state index contributed by atoms with van der Waals surface area (Å²) in [5.41, 5.74) is 2.23. The minimum atomic E-state index is -0.123. The largest absolute Gasteiger partial charge is 0.497 e. The Morgan fingerprint density at radius 3 is 2.70 bits per heavy atom. The number of benzene rings is 1. The molecular formula is C21H29N3O3. The van der Waals surface area contributed by atoms with Crippen molar-refractivity contribution >= 4 is 28.4 Å². The fraction of sp³-hybridized carbons (Fsp3) is 0.524. The Balaban J connectivity index is 2.14. The van der Waals surface area contributed by atoms with Crippen LogP contribution in [0.2, 0.25) is 0 Å². The minimum Gasteiger partial charge on any atom is -0.497 e. The van der Waals surface area contributed by atoms with Gasteiger partial charge in [-0.25, -0.2) is 0 Å². The van der Waals surface area contributed by atoms with Crippen LogP contribution in [0.1, 0.15) is 50.5 Å². The van der Waals surface area contributed by atoms with Crippen LogP contribution >= 0.6 is 0 Å². The third kappa shape index (κ3) is 3.66. The Kier molecular flexibility index (Phi) is 5.73. The van der Waals surface area contributed by atoms with Crippen molar-refractivity contribution < 1.29 is 14.3 Å². The van der Waals surface area contributed by atoms with E-state index in [0.717, 1.165) is 35.2 Å². The van der Waals surface area contributed by atoms with Crippen LogP contribution in [0, 0.1) is 5.92 Å². The maximum atomic E-state index is 13.1. The lowest BCUT2D eigenvalue weighted by Crippen LogP contribution is -2.31. The van der Waals surface area contributed by atoms with Gasteiger partial charge in [0.15, 0.2) is 0 Å². The monoisotopic (exact) mass is 371 g/mol. The molecule has 0 saturated carbocycles. The highest BCUT2D eigenvalue weighted by Gasteiger charge is 2.31. The van der Waals surface area contributed by atoms with Gasteiger partial charge in [0, 0.05) is 31.4 Å².